The monoisotopic (exact) mass is 174 g/mol. The van der Waals surface area contributed by atoms with E-state index in [1.54, 1.807) is 0 Å². The molecule has 0 aromatic heterocycles. The summed E-state index contributed by atoms with van der Waals surface area (Å²) in [5, 5.41) is 0. The summed E-state index contributed by atoms with van der Waals surface area (Å²) in [5.41, 5.74) is 10.9. The number of ether oxygens (including phenoxy) is 2. The molecule has 1 rings (SSSR count). The Morgan fingerprint density at radius 1 is 1.50 bits per heavy atom. The van der Waals surface area contributed by atoms with E-state index in [0.717, 1.165) is 19.4 Å². The third kappa shape index (κ3) is 3.49. The maximum Gasteiger partial charge on any atom is 0.157 e. The van der Waals surface area contributed by atoms with Crippen LogP contribution < -0.4 is 11.5 Å². The van der Waals surface area contributed by atoms with Crippen LogP contribution in [0.3, 0.4) is 0 Å². The van der Waals surface area contributed by atoms with Crippen LogP contribution in [0.5, 0.6) is 0 Å². The molecule has 1 aliphatic rings. The molecule has 0 bridgehead atoms. The summed E-state index contributed by atoms with van der Waals surface area (Å²) in [4.78, 5) is 0. The fourth-order valence-electron chi connectivity index (χ4n) is 1.14. The van der Waals surface area contributed by atoms with Gasteiger partial charge in [-0.1, -0.05) is 0 Å². The van der Waals surface area contributed by atoms with Gasteiger partial charge in [0.25, 0.3) is 0 Å². The van der Waals surface area contributed by atoms with Crippen molar-refractivity contribution in [2.75, 3.05) is 19.8 Å². The van der Waals surface area contributed by atoms with E-state index in [2.05, 4.69) is 0 Å². The Morgan fingerprint density at radius 3 is 2.92 bits per heavy atom. The Morgan fingerprint density at radius 2 is 2.33 bits per heavy atom. The van der Waals surface area contributed by atoms with Crippen molar-refractivity contribution in [3.63, 3.8) is 0 Å². The second-order valence-corrected chi connectivity index (χ2v) is 3.13. The van der Waals surface area contributed by atoms with Gasteiger partial charge in [-0.15, -0.1) is 0 Å². The highest BCUT2D eigenvalue weighted by atomic mass is 16.7. The number of nitrogens with two attached hydrogens (primary N) is 2. The van der Waals surface area contributed by atoms with Gasteiger partial charge in [-0.25, -0.2) is 0 Å². The van der Waals surface area contributed by atoms with Gasteiger partial charge in [-0.05, 0) is 19.3 Å². The second kappa shape index (κ2) is 5.48. The van der Waals surface area contributed by atoms with E-state index in [1.165, 1.54) is 6.42 Å². The molecule has 0 aromatic carbocycles. The number of hydrogen-bond donors (Lipinski definition) is 2. The summed E-state index contributed by atoms with van der Waals surface area (Å²) < 4.78 is 10.8. The molecule has 1 heterocycles. The predicted octanol–water partition coefficient (Wildman–Crippen LogP) is -0.184. The minimum atomic E-state index is -0.0597. The van der Waals surface area contributed by atoms with E-state index < -0.39 is 0 Å². The van der Waals surface area contributed by atoms with Crippen molar-refractivity contribution in [2.45, 2.75) is 31.6 Å². The van der Waals surface area contributed by atoms with E-state index in [0.29, 0.717) is 13.2 Å². The summed E-state index contributed by atoms with van der Waals surface area (Å²) >= 11 is 0. The molecule has 12 heavy (non-hydrogen) atoms. The third-order valence-corrected chi connectivity index (χ3v) is 1.94. The van der Waals surface area contributed by atoms with Crippen LogP contribution in [0.4, 0.5) is 0 Å². The highest BCUT2D eigenvalue weighted by molar-refractivity contribution is 4.61. The topological polar surface area (TPSA) is 70.5 Å². The Kier molecular flexibility index (Phi) is 4.53. The van der Waals surface area contributed by atoms with Gasteiger partial charge >= 0.3 is 0 Å². The van der Waals surface area contributed by atoms with Crippen LogP contribution in [0.15, 0.2) is 0 Å². The van der Waals surface area contributed by atoms with E-state index in [9.17, 15) is 0 Å². The number of hydrogen-bond acceptors (Lipinski definition) is 4. The van der Waals surface area contributed by atoms with Crippen LogP contribution in [-0.2, 0) is 9.47 Å². The third-order valence-electron chi connectivity index (χ3n) is 1.94. The first-order chi connectivity index (χ1) is 5.83. The quantitative estimate of drug-likeness (QED) is 0.620. The molecule has 1 aliphatic heterocycles. The average molecular weight is 174 g/mol. The van der Waals surface area contributed by atoms with Crippen molar-refractivity contribution in [3.8, 4) is 0 Å². The Bertz CT molecular complexity index is 116. The fraction of sp³-hybridized carbons (Fsp3) is 1.00. The van der Waals surface area contributed by atoms with E-state index in [4.69, 9.17) is 20.9 Å². The molecule has 2 atom stereocenters. The summed E-state index contributed by atoms with van der Waals surface area (Å²) in [6, 6.07) is -0.0597. The lowest BCUT2D eigenvalue weighted by Gasteiger charge is -2.23. The highest BCUT2D eigenvalue weighted by Gasteiger charge is 2.14. The lowest BCUT2D eigenvalue weighted by atomic mass is 10.2. The minimum absolute atomic E-state index is 0.0450. The van der Waals surface area contributed by atoms with Crippen LogP contribution in [-0.4, -0.2) is 32.1 Å². The predicted molar refractivity (Wildman–Crippen MR) is 46.6 cm³/mol. The molecule has 1 saturated heterocycles. The molecule has 1 fully saturated rings. The second-order valence-electron chi connectivity index (χ2n) is 3.13. The first kappa shape index (κ1) is 9.92. The molecule has 4 heteroatoms. The first-order valence-corrected chi connectivity index (χ1v) is 4.52. The SMILES string of the molecule is NCC(N)COC1CCCCO1. The van der Waals surface area contributed by atoms with Crippen molar-refractivity contribution in [1.29, 1.82) is 0 Å². The van der Waals surface area contributed by atoms with Crippen molar-refractivity contribution in [2.24, 2.45) is 11.5 Å². The van der Waals surface area contributed by atoms with Gasteiger partial charge < -0.3 is 20.9 Å². The van der Waals surface area contributed by atoms with E-state index >= 15 is 0 Å². The average Bonchev–Trinajstić information content (AvgIpc) is 2.16. The summed E-state index contributed by atoms with van der Waals surface area (Å²) in [6.45, 7) is 1.77. The normalized spacial score (nSPS) is 27.0. The van der Waals surface area contributed by atoms with Crippen LogP contribution in [0.25, 0.3) is 0 Å². The molecule has 2 unspecified atom stereocenters. The van der Waals surface area contributed by atoms with Crippen molar-refractivity contribution in [3.05, 3.63) is 0 Å². The Labute approximate surface area is 73.2 Å². The van der Waals surface area contributed by atoms with Gasteiger partial charge in [-0.3, -0.25) is 0 Å². The molecule has 4 N–H and O–H groups in total. The van der Waals surface area contributed by atoms with Crippen LogP contribution in [0, 0.1) is 0 Å². The largest absolute Gasteiger partial charge is 0.353 e. The van der Waals surface area contributed by atoms with Crippen molar-refractivity contribution < 1.29 is 9.47 Å². The summed E-state index contributed by atoms with van der Waals surface area (Å²) in [7, 11) is 0. The maximum absolute atomic E-state index is 5.58. The lowest BCUT2D eigenvalue weighted by Crippen LogP contribution is -2.37. The minimum Gasteiger partial charge on any atom is -0.353 e. The smallest absolute Gasteiger partial charge is 0.157 e. The molecule has 0 spiro atoms. The molecule has 4 nitrogen and oxygen atoms in total. The van der Waals surface area contributed by atoms with Gasteiger partial charge in [0.05, 0.1) is 6.61 Å². The fourth-order valence-corrected chi connectivity index (χ4v) is 1.14. The zero-order valence-corrected chi connectivity index (χ0v) is 7.37. The molecule has 0 amide bonds. The Balaban J connectivity index is 2.05. The van der Waals surface area contributed by atoms with E-state index in [1.807, 2.05) is 0 Å². The zero-order valence-electron chi connectivity index (χ0n) is 7.37. The van der Waals surface area contributed by atoms with Crippen LogP contribution in [0.1, 0.15) is 19.3 Å². The van der Waals surface area contributed by atoms with Gasteiger partial charge in [0, 0.05) is 19.2 Å². The molecule has 0 aliphatic carbocycles. The standard InChI is InChI=1S/C8H18N2O2/c9-5-7(10)6-12-8-3-1-2-4-11-8/h7-8H,1-6,9-10H2. The molecule has 0 aromatic rings. The van der Waals surface area contributed by atoms with E-state index in [-0.39, 0.29) is 12.3 Å². The molecule has 72 valence electrons. The first-order valence-electron chi connectivity index (χ1n) is 4.52. The molecule has 0 radical (unpaired) electrons. The summed E-state index contributed by atoms with van der Waals surface area (Å²) in [5.74, 6) is 0. The molecular weight excluding hydrogens is 156 g/mol. The van der Waals surface area contributed by atoms with Gasteiger partial charge in [0.1, 0.15) is 0 Å². The van der Waals surface area contributed by atoms with Crippen LogP contribution in [0.2, 0.25) is 0 Å². The highest BCUT2D eigenvalue weighted by Crippen LogP contribution is 2.13. The van der Waals surface area contributed by atoms with Gasteiger partial charge in [0.15, 0.2) is 6.29 Å². The Hall–Kier alpha value is -0.160. The summed E-state index contributed by atoms with van der Waals surface area (Å²) in [6.07, 6.45) is 3.26. The van der Waals surface area contributed by atoms with Crippen LogP contribution >= 0.6 is 0 Å². The maximum atomic E-state index is 5.58. The molecular formula is C8H18N2O2. The van der Waals surface area contributed by atoms with Gasteiger partial charge in [-0.2, -0.15) is 0 Å². The van der Waals surface area contributed by atoms with Gasteiger partial charge in [0.2, 0.25) is 0 Å². The lowest BCUT2D eigenvalue weighted by molar-refractivity contribution is -0.164. The van der Waals surface area contributed by atoms with Crippen molar-refractivity contribution in [1.82, 2.24) is 0 Å². The van der Waals surface area contributed by atoms with Crippen molar-refractivity contribution >= 4 is 0 Å². The zero-order chi connectivity index (χ0) is 8.81. The number of rotatable bonds is 4. The molecule has 0 saturated carbocycles.